The summed E-state index contributed by atoms with van der Waals surface area (Å²) in [5, 5.41) is 10.9. The summed E-state index contributed by atoms with van der Waals surface area (Å²) in [6.45, 7) is 10.5. The lowest BCUT2D eigenvalue weighted by molar-refractivity contribution is -0.168. The maximum Gasteiger partial charge on any atom is 0.248 e. The topological polar surface area (TPSA) is 93.8 Å². The van der Waals surface area contributed by atoms with Crippen LogP contribution in [0.1, 0.15) is 71.2 Å². The minimum atomic E-state index is -0.174. The number of aliphatic imine (C=N–C) groups is 1. The Bertz CT molecular complexity index is 629. The molecule has 2 saturated carbocycles. The van der Waals surface area contributed by atoms with E-state index in [0.29, 0.717) is 37.0 Å². The molecule has 3 atom stereocenters. The Morgan fingerprint density at radius 2 is 2.15 bits per heavy atom. The first-order chi connectivity index (χ1) is 13.1. The van der Waals surface area contributed by atoms with Crippen molar-refractivity contribution < 1.29 is 14.0 Å². The Balaban J connectivity index is 1.59. The molecule has 0 saturated heterocycles. The van der Waals surface area contributed by atoms with E-state index in [0.717, 1.165) is 25.5 Å². The fraction of sp³-hybridized carbons (Fsp3) is 0.842. The van der Waals surface area contributed by atoms with Crippen LogP contribution in [-0.2, 0) is 16.0 Å². The van der Waals surface area contributed by atoms with Crippen LogP contribution in [-0.4, -0.2) is 48.0 Å². The molecule has 8 nitrogen and oxygen atoms in total. The predicted octanol–water partition coefficient (Wildman–Crippen LogP) is 2.57. The van der Waals surface area contributed by atoms with Crippen LogP contribution in [0.2, 0.25) is 0 Å². The summed E-state index contributed by atoms with van der Waals surface area (Å²) in [4.78, 5) is 9.02. The maximum atomic E-state index is 5.94. The molecule has 27 heavy (non-hydrogen) atoms. The van der Waals surface area contributed by atoms with E-state index in [1.54, 1.807) is 0 Å². The highest BCUT2D eigenvalue weighted by Gasteiger charge is 2.59. The van der Waals surface area contributed by atoms with Crippen molar-refractivity contribution in [2.75, 3.05) is 19.8 Å². The van der Waals surface area contributed by atoms with Crippen LogP contribution in [0.3, 0.4) is 0 Å². The summed E-state index contributed by atoms with van der Waals surface area (Å²) in [7, 11) is 0. The first kappa shape index (κ1) is 20.1. The van der Waals surface area contributed by atoms with Crippen LogP contribution in [0.4, 0.5) is 0 Å². The summed E-state index contributed by atoms with van der Waals surface area (Å²) < 4.78 is 16.7. The Labute approximate surface area is 161 Å². The number of ether oxygens (including phenoxy) is 2. The summed E-state index contributed by atoms with van der Waals surface area (Å²) in [5.41, 5.74) is 0.288. The zero-order valence-electron chi connectivity index (χ0n) is 17.0. The minimum Gasteiger partial charge on any atom is -0.378 e. The molecule has 1 aromatic rings. The highest BCUT2D eigenvalue weighted by atomic mass is 16.5. The highest BCUT2D eigenvalue weighted by molar-refractivity contribution is 5.80. The van der Waals surface area contributed by atoms with Gasteiger partial charge in [0.1, 0.15) is 12.6 Å². The third-order valence-corrected chi connectivity index (χ3v) is 5.73. The molecule has 152 valence electrons. The van der Waals surface area contributed by atoms with Gasteiger partial charge in [0, 0.05) is 31.2 Å². The second kappa shape index (κ2) is 9.01. The molecule has 0 amide bonds. The van der Waals surface area contributed by atoms with Crippen LogP contribution in [0, 0.1) is 5.41 Å². The van der Waals surface area contributed by atoms with Crippen molar-refractivity contribution in [2.45, 2.75) is 78.2 Å². The van der Waals surface area contributed by atoms with Crippen molar-refractivity contribution in [3.05, 3.63) is 11.7 Å². The molecule has 1 heterocycles. The summed E-state index contributed by atoms with van der Waals surface area (Å²) in [5.74, 6) is 1.85. The van der Waals surface area contributed by atoms with Gasteiger partial charge in [-0.05, 0) is 47.0 Å². The largest absolute Gasteiger partial charge is 0.378 e. The van der Waals surface area contributed by atoms with Gasteiger partial charge in [0.15, 0.2) is 11.8 Å². The van der Waals surface area contributed by atoms with E-state index in [-0.39, 0.29) is 11.5 Å². The van der Waals surface area contributed by atoms with Gasteiger partial charge in [0.25, 0.3) is 0 Å². The second-order valence-electron chi connectivity index (χ2n) is 7.30. The van der Waals surface area contributed by atoms with E-state index in [4.69, 9.17) is 14.0 Å². The molecule has 3 rings (SSSR count). The van der Waals surface area contributed by atoms with Gasteiger partial charge in [-0.2, -0.15) is 4.98 Å². The summed E-state index contributed by atoms with van der Waals surface area (Å²) in [6.07, 6.45) is 5.00. The summed E-state index contributed by atoms with van der Waals surface area (Å²) >= 11 is 0. The molecule has 1 aromatic heterocycles. The Hall–Kier alpha value is -1.67. The van der Waals surface area contributed by atoms with E-state index >= 15 is 0 Å². The average molecular weight is 380 g/mol. The number of nitrogens with one attached hydrogen (secondary N) is 2. The van der Waals surface area contributed by atoms with Gasteiger partial charge < -0.3 is 24.6 Å². The minimum absolute atomic E-state index is 0.174. The van der Waals surface area contributed by atoms with Gasteiger partial charge in [0.05, 0.1) is 6.10 Å². The Morgan fingerprint density at radius 3 is 2.78 bits per heavy atom. The van der Waals surface area contributed by atoms with Crippen LogP contribution >= 0.6 is 0 Å². The molecule has 3 unspecified atom stereocenters. The molecule has 2 N–H and O–H groups in total. The highest BCUT2D eigenvalue weighted by Crippen LogP contribution is 2.57. The zero-order chi connectivity index (χ0) is 19.3. The number of hydrogen-bond donors (Lipinski definition) is 2. The van der Waals surface area contributed by atoms with Gasteiger partial charge in [-0.15, -0.1) is 0 Å². The Kier molecular flexibility index (Phi) is 6.70. The second-order valence-corrected chi connectivity index (χ2v) is 7.30. The first-order valence-electron chi connectivity index (χ1n) is 10.2. The molecular formula is C19H33N5O3. The molecule has 2 aliphatic carbocycles. The SMILES string of the molecule is CCNC(=NCc1nc(C(C)OCC)no1)NC1CC(OCC)C12CCC2. The lowest BCUT2D eigenvalue weighted by atomic mass is 9.51. The normalized spacial score (nSPS) is 25.0. The van der Waals surface area contributed by atoms with Crippen molar-refractivity contribution >= 4 is 5.96 Å². The van der Waals surface area contributed by atoms with E-state index < -0.39 is 0 Å². The lowest BCUT2D eigenvalue weighted by Crippen LogP contribution is -2.68. The lowest BCUT2D eigenvalue weighted by Gasteiger charge is -2.61. The quantitative estimate of drug-likeness (QED) is 0.503. The first-order valence-corrected chi connectivity index (χ1v) is 10.2. The fourth-order valence-electron chi connectivity index (χ4n) is 4.09. The molecule has 2 fully saturated rings. The molecule has 8 heteroatoms. The van der Waals surface area contributed by atoms with Crippen molar-refractivity contribution in [1.82, 2.24) is 20.8 Å². The Morgan fingerprint density at radius 1 is 1.33 bits per heavy atom. The van der Waals surface area contributed by atoms with Gasteiger partial charge in [-0.1, -0.05) is 11.6 Å². The average Bonchev–Trinajstić information content (AvgIpc) is 3.06. The van der Waals surface area contributed by atoms with Crippen LogP contribution in [0.15, 0.2) is 9.52 Å². The van der Waals surface area contributed by atoms with Crippen LogP contribution < -0.4 is 10.6 Å². The molecule has 1 spiro atoms. The number of aromatic nitrogens is 2. The fourth-order valence-corrected chi connectivity index (χ4v) is 4.09. The van der Waals surface area contributed by atoms with E-state index in [1.807, 2.05) is 13.8 Å². The van der Waals surface area contributed by atoms with Gasteiger partial charge in [-0.3, -0.25) is 0 Å². The zero-order valence-corrected chi connectivity index (χ0v) is 17.0. The number of nitrogens with zero attached hydrogens (tertiary/aromatic N) is 3. The standard InChI is InChI=1S/C19H33N5O3/c1-5-20-18(21-12-16-23-17(24-27-16)13(4)25-6-2)22-14-11-15(26-7-3)19(14)9-8-10-19/h13-15H,5-12H2,1-4H3,(H2,20,21,22). The van der Waals surface area contributed by atoms with Crippen molar-refractivity contribution in [1.29, 1.82) is 0 Å². The van der Waals surface area contributed by atoms with Gasteiger partial charge in [-0.25, -0.2) is 4.99 Å². The molecule has 0 radical (unpaired) electrons. The smallest absolute Gasteiger partial charge is 0.248 e. The van der Waals surface area contributed by atoms with Crippen molar-refractivity contribution in [3.63, 3.8) is 0 Å². The number of guanidine groups is 1. The third-order valence-electron chi connectivity index (χ3n) is 5.73. The van der Waals surface area contributed by atoms with Crippen LogP contribution in [0.5, 0.6) is 0 Å². The van der Waals surface area contributed by atoms with Crippen molar-refractivity contribution in [3.8, 4) is 0 Å². The molecule has 0 aliphatic heterocycles. The molecular weight excluding hydrogens is 346 g/mol. The third kappa shape index (κ3) is 4.27. The monoisotopic (exact) mass is 379 g/mol. The van der Waals surface area contributed by atoms with Gasteiger partial charge >= 0.3 is 0 Å². The van der Waals surface area contributed by atoms with E-state index in [1.165, 1.54) is 19.3 Å². The number of hydrogen-bond acceptors (Lipinski definition) is 6. The van der Waals surface area contributed by atoms with E-state index in [9.17, 15) is 0 Å². The van der Waals surface area contributed by atoms with Crippen LogP contribution in [0.25, 0.3) is 0 Å². The predicted molar refractivity (Wildman–Crippen MR) is 102 cm³/mol. The summed E-state index contributed by atoms with van der Waals surface area (Å²) in [6, 6.07) is 0.414. The van der Waals surface area contributed by atoms with Crippen molar-refractivity contribution in [2.24, 2.45) is 10.4 Å². The molecule has 0 bridgehead atoms. The molecule has 0 aromatic carbocycles. The molecule has 2 aliphatic rings. The maximum absolute atomic E-state index is 5.94. The van der Waals surface area contributed by atoms with Gasteiger partial charge in [0.2, 0.25) is 5.89 Å². The van der Waals surface area contributed by atoms with E-state index in [2.05, 4.69) is 39.6 Å². The number of rotatable bonds is 9.